The van der Waals surface area contributed by atoms with Gasteiger partial charge in [-0.05, 0) is 41.6 Å². The highest BCUT2D eigenvalue weighted by Crippen LogP contribution is 2.41. The molecule has 0 radical (unpaired) electrons. The van der Waals surface area contributed by atoms with Crippen molar-refractivity contribution in [1.29, 1.82) is 0 Å². The summed E-state index contributed by atoms with van der Waals surface area (Å²) in [5, 5.41) is 22.8. The molecule has 3 aromatic heterocycles. The maximum Gasteiger partial charge on any atom is 0.323 e. The van der Waals surface area contributed by atoms with Crippen molar-refractivity contribution in [3.8, 4) is 0 Å². The molecule has 0 bridgehead atoms. The number of nitrogens with zero attached hydrogens (tertiary/aromatic N) is 5. The Hall–Kier alpha value is -4.32. The highest BCUT2D eigenvalue weighted by molar-refractivity contribution is 6.39. The smallest absolute Gasteiger partial charge is 0.323 e. The van der Waals surface area contributed by atoms with Gasteiger partial charge in [0.2, 0.25) is 5.95 Å². The zero-order valence-electron chi connectivity index (χ0n) is 22.2. The lowest BCUT2D eigenvalue weighted by molar-refractivity contribution is -0.122. The number of nitrogens with one attached hydrogen (secondary N) is 2. The van der Waals surface area contributed by atoms with Crippen molar-refractivity contribution in [1.82, 2.24) is 29.5 Å². The number of aromatic amines is 1. The van der Waals surface area contributed by atoms with E-state index in [1.54, 1.807) is 48.9 Å². The number of anilines is 2. The molecule has 6 rings (SSSR count). The molecule has 9 nitrogen and oxygen atoms in total. The zero-order valence-corrected chi connectivity index (χ0v) is 23.8. The molecule has 3 heterocycles. The van der Waals surface area contributed by atoms with Crippen molar-refractivity contribution in [2.75, 3.05) is 5.32 Å². The molecule has 3 N–H and O–H groups in total. The Labute approximate surface area is 247 Å². The Balaban J connectivity index is 1.38. The van der Waals surface area contributed by atoms with Crippen molar-refractivity contribution in [2.45, 2.75) is 25.5 Å². The molecule has 1 atom stereocenters. The predicted octanol–water partition coefficient (Wildman–Crippen LogP) is 6.24. The molecule has 0 amide bonds. The third-order valence-electron chi connectivity index (χ3n) is 7.20. The predicted molar refractivity (Wildman–Crippen MR) is 158 cm³/mol. The number of aromatic nitrogens is 6. The Morgan fingerprint density at radius 3 is 2.50 bits per heavy atom. The van der Waals surface area contributed by atoms with E-state index in [9.17, 15) is 9.90 Å². The summed E-state index contributed by atoms with van der Waals surface area (Å²) in [6.07, 6.45) is -1.30. The topological polar surface area (TPSA) is 114 Å². The summed E-state index contributed by atoms with van der Waals surface area (Å²) in [4.78, 5) is 20.5. The first-order chi connectivity index (χ1) is 20.1. The minimum absolute atomic E-state index is 0.228. The normalized spacial score (nSPS) is 12.7. The number of hydrogen-bond donors (Lipinski definition) is 3. The van der Waals surface area contributed by atoms with Crippen molar-refractivity contribution in [2.24, 2.45) is 7.05 Å². The molecule has 13 heteroatoms. The fourth-order valence-corrected chi connectivity index (χ4v) is 5.50. The monoisotopic (exact) mass is 609 g/mol. The number of hydrogen-bond acceptors (Lipinski definition) is 6. The maximum absolute atomic E-state index is 15.6. The summed E-state index contributed by atoms with van der Waals surface area (Å²) in [5.41, 5.74) is 0.808. The van der Waals surface area contributed by atoms with Crippen molar-refractivity contribution in [3.63, 3.8) is 0 Å². The standard InChI is InChI=1S/C29H23Cl2F2N7O2/c1-15-17-11-12-20-25(39(2)28(34-20)36-24-18(30)9-6-10-19(24)31)22(17)27(42)35-23(15)26(41)29(32,33)21-14-40(38-37-21)13-16-7-4-3-5-8-16/h3-12,14,26,41H,13H2,1-2H3,(H,34,36)(H,35,42). The van der Waals surface area contributed by atoms with Gasteiger partial charge in [-0.15, -0.1) is 5.10 Å². The number of pyridine rings is 1. The second kappa shape index (κ2) is 10.5. The van der Waals surface area contributed by atoms with E-state index in [1.165, 1.54) is 4.68 Å². The zero-order chi connectivity index (χ0) is 29.8. The van der Waals surface area contributed by atoms with Gasteiger partial charge in [0, 0.05) is 7.05 Å². The first-order valence-electron chi connectivity index (χ1n) is 12.8. The van der Waals surface area contributed by atoms with E-state index in [0.717, 1.165) is 11.8 Å². The van der Waals surface area contributed by atoms with Gasteiger partial charge in [0.05, 0.1) is 50.6 Å². The number of alkyl halides is 2. The average molecular weight is 610 g/mol. The molecule has 0 saturated carbocycles. The Morgan fingerprint density at radius 1 is 1.07 bits per heavy atom. The summed E-state index contributed by atoms with van der Waals surface area (Å²) in [7, 11) is 1.70. The van der Waals surface area contributed by atoms with Gasteiger partial charge in [0.1, 0.15) is 0 Å². The van der Waals surface area contributed by atoms with Crippen LogP contribution in [0.25, 0.3) is 21.8 Å². The van der Waals surface area contributed by atoms with Crippen LogP contribution in [0.5, 0.6) is 0 Å². The van der Waals surface area contributed by atoms with Gasteiger partial charge in [0.25, 0.3) is 5.56 Å². The average Bonchev–Trinajstić information content (AvgIpc) is 3.57. The molecule has 0 spiro atoms. The van der Waals surface area contributed by atoms with Gasteiger partial charge < -0.3 is 20.0 Å². The number of imidazole rings is 1. The van der Waals surface area contributed by atoms with E-state index in [4.69, 9.17) is 23.2 Å². The minimum atomic E-state index is -3.85. The summed E-state index contributed by atoms with van der Waals surface area (Å²) in [6, 6.07) is 17.5. The molecule has 214 valence electrons. The van der Waals surface area contributed by atoms with Crippen LogP contribution in [0.2, 0.25) is 10.0 Å². The molecule has 0 aliphatic heterocycles. The van der Waals surface area contributed by atoms with E-state index in [0.29, 0.717) is 38.1 Å². The van der Waals surface area contributed by atoms with Crippen LogP contribution in [0.1, 0.15) is 28.6 Å². The lowest BCUT2D eigenvalue weighted by atomic mass is 9.98. The Kier molecular flexibility index (Phi) is 6.96. The van der Waals surface area contributed by atoms with E-state index >= 15 is 8.78 Å². The van der Waals surface area contributed by atoms with Crippen LogP contribution in [-0.2, 0) is 19.5 Å². The first-order valence-corrected chi connectivity index (χ1v) is 13.5. The van der Waals surface area contributed by atoms with Crippen LogP contribution in [0.15, 0.2) is 71.7 Å². The van der Waals surface area contributed by atoms with Gasteiger partial charge in [-0.3, -0.25) is 4.79 Å². The quantitative estimate of drug-likeness (QED) is 0.197. The Bertz CT molecular complexity index is 2000. The van der Waals surface area contributed by atoms with Crippen molar-refractivity contribution in [3.05, 3.63) is 110 Å². The van der Waals surface area contributed by atoms with Crippen LogP contribution < -0.4 is 10.9 Å². The lowest BCUT2D eigenvalue weighted by Gasteiger charge is -2.22. The third-order valence-corrected chi connectivity index (χ3v) is 7.83. The number of fused-ring (bicyclic) bond motifs is 3. The number of halogens is 4. The molecule has 0 saturated heterocycles. The van der Waals surface area contributed by atoms with E-state index in [-0.39, 0.29) is 23.2 Å². The van der Waals surface area contributed by atoms with Gasteiger partial charge in [-0.25, -0.2) is 9.67 Å². The molecule has 0 aliphatic rings. The fraction of sp³-hybridized carbons (Fsp3) is 0.172. The van der Waals surface area contributed by atoms with E-state index in [1.807, 2.05) is 30.3 Å². The largest absolute Gasteiger partial charge is 0.380 e. The van der Waals surface area contributed by atoms with Crippen LogP contribution in [0.3, 0.4) is 0 Å². The van der Waals surface area contributed by atoms with Gasteiger partial charge >= 0.3 is 5.92 Å². The van der Waals surface area contributed by atoms with Gasteiger partial charge in [0.15, 0.2) is 11.8 Å². The molecule has 3 aromatic carbocycles. The molecule has 0 fully saturated rings. The number of para-hydroxylation sites is 1. The fourth-order valence-electron chi connectivity index (χ4n) is 5.01. The molecule has 42 heavy (non-hydrogen) atoms. The van der Waals surface area contributed by atoms with Crippen LogP contribution in [-0.4, -0.2) is 34.6 Å². The number of rotatable bonds is 7. The molecular formula is C29H23Cl2F2N7O2. The first kappa shape index (κ1) is 27.8. The Morgan fingerprint density at radius 2 is 1.79 bits per heavy atom. The number of benzene rings is 3. The second-order valence-electron chi connectivity index (χ2n) is 9.88. The van der Waals surface area contributed by atoms with Crippen molar-refractivity contribution >= 4 is 56.6 Å². The summed E-state index contributed by atoms with van der Waals surface area (Å²) in [5.74, 6) is -3.49. The highest BCUT2D eigenvalue weighted by atomic mass is 35.5. The van der Waals surface area contributed by atoms with E-state index < -0.39 is 23.3 Å². The minimum Gasteiger partial charge on any atom is -0.380 e. The maximum atomic E-state index is 15.6. The van der Waals surface area contributed by atoms with Crippen molar-refractivity contribution < 1.29 is 13.9 Å². The molecule has 1 unspecified atom stereocenters. The second-order valence-corrected chi connectivity index (χ2v) is 10.7. The van der Waals surface area contributed by atoms with Crippen LogP contribution in [0, 0.1) is 6.92 Å². The summed E-state index contributed by atoms with van der Waals surface area (Å²) < 4.78 is 34.0. The molecular weight excluding hydrogens is 587 g/mol. The summed E-state index contributed by atoms with van der Waals surface area (Å²) in [6.45, 7) is 1.79. The lowest BCUT2D eigenvalue weighted by Crippen LogP contribution is -2.28. The van der Waals surface area contributed by atoms with Crippen LogP contribution in [0.4, 0.5) is 20.4 Å². The van der Waals surface area contributed by atoms with Gasteiger partial charge in [-0.2, -0.15) is 8.78 Å². The third kappa shape index (κ3) is 4.69. The number of aliphatic hydroxyl groups excluding tert-OH is 1. The highest BCUT2D eigenvalue weighted by Gasteiger charge is 2.45. The number of aliphatic hydroxyl groups is 1. The molecule has 6 aromatic rings. The number of aryl methyl sites for hydroxylation is 2. The van der Waals surface area contributed by atoms with E-state index in [2.05, 4.69) is 25.6 Å². The van der Waals surface area contributed by atoms with Crippen LogP contribution >= 0.6 is 23.2 Å². The summed E-state index contributed by atoms with van der Waals surface area (Å²) >= 11 is 12.6. The molecule has 0 aliphatic carbocycles. The number of H-pyrrole nitrogens is 1. The van der Waals surface area contributed by atoms with Gasteiger partial charge in [-0.1, -0.05) is 70.9 Å². The SMILES string of the molecule is Cc1c(C(O)C(F)(F)c2cn(Cc3ccccc3)nn2)[nH]c(=O)c2c1ccc1nc(Nc3c(Cl)cccc3Cl)n(C)c12.